The Morgan fingerprint density at radius 1 is 1.41 bits per heavy atom. The van der Waals surface area contributed by atoms with Crippen molar-refractivity contribution in [3.05, 3.63) is 0 Å². The summed E-state index contributed by atoms with van der Waals surface area (Å²) in [5, 5.41) is 13.0. The lowest BCUT2D eigenvalue weighted by Crippen LogP contribution is -2.41. The van der Waals surface area contributed by atoms with Gasteiger partial charge in [-0.1, -0.05) is 12.8 Å². The van der Waals surface area contributed by atoms with Gasteiger partial charge >= 0.3 is 0 Å². The molecule has 0 aromatic rings. The molecule has 1 heterocycles. The number of nitrogens with one attached hydrogen (secondary N) is 1. The molecule has 0 bridgehead atoms. The van der Waals surface area contributed by atoms with Gasteiger partial charge in [0.05, 0.1) is 6.10 Å². The largest absolute Gasteiger partial charge is 0.393 e. The van der Waals surface area contributed by atoms with Crippen LogP contribution in [-0.2, 0) is 0 Å². The maximum absolute atomic E-state index is 9.66. The van der Waals surface area contributed by atoms with E-state index in [2.05, 4.69) is 17.3 Å². The average Bonchev–Trinajstić information content (AvgIpc) is 2.89. The lowest BCUT2D eigenvalue weighted by molar-refractivity contribution is 0.117. The second-order valence-corrected chi connectivity index (χ2v) is 6.26. The summed E-state index contributed by atoms with van der Waals surface area (Å²) in [6.07, 6.45) is 6.59. The number of likely N-dealkylation sites (tertiary alicyclic amines) is 1. The fourth-order valence-corrected chi connectivity index (χ4v) is 3.77. The molecular weight excluding hydrogens is 212 g/mol. The van der Waals surface area contributed by atoms with Gasteiger partial charge in [-0.3, -0.25) is 0 Å². The molecule has 2 atom stereocenters. The molecule has 100 valence electrons. The molecule has 2 fully saturated rings. The molecule has 1 saturated heterocycles. The van der Waals surface area contributed by atoms with Gasteiger partial charge in [0, 0.05) is 19.6 Å². The van der Waals surface area contributed by atoms with Gasteiger partial charge in [-0.15, -0.1) is 0 Å². The molecule has 2 aliphatic rings. The van der Waals surface area contributed by atoms with Crippen LogP contribution in [0.15, 0.2) is 0 Å². The van der Waals surface area contributed by atoms with Crippen LogP contribution in [0.3, 0.4) is 0 Å². The van der Waals surface area contributed by atoms with Crippen molar-refractivity contribution in [3.63, 3.8) is 0 Å². The number of aliphatic hydroxyl groups is 1. The Labute approximate surface area is 106 Å². The van der Waals surface area contributed by atoms with E-state index < -0.39 is 0 Å². The van der Waals surface area contributed by atoms with Crippen LogP contribution < -0.4 is 5.32 Å². The van der Waals surface area contributed by atoms with E-state index in [4.69, 9.17) is 0 Å². The van der Waals surface area contributed by atoms with Crippen LogP contribution in [0.1, 0.15) is 39.0 Å². The van der Waals surface area contributed by atoms with Crippen LogP contribution in [0.5, 0.6) is 0 Å². The summed E-state index contributed by atoms with van der Waals surface area (Å²) in [5.41, 5.74) is 0.516. The van der Waals surface area contributed by atoms with Crippen LogP contribution in [0.2, 0.25) is 0 Å². The fraction of sp³-hybridized carbons (Fsp3) is 1.00. The Hall–Kier alpha value is -0.120. The van der Waals surface area contributed by atoms with Crippen molar-refractivity contribution in [2.24, 2.45) is 11.3 Å². The molecule has 1 saturated carbocycles. The van der Waals surface area contributed by atoms with Gasteiger partial charge in [-0.05, 0) is 51.1 Å². The summed E-state index contributed by atoms with van der Waals surface area (Å²) in [6.45, 7) is 6.61. The SMILES string of the molecule is CNCC1(CN2CCC(C(C)O)C2)CCCC1. The first-order valence-electron chi connectivity index (χ1n) is 7.20. The zero-order valence-electron chi connectivity index (χ0n) is 11.4. The summed E-state index contributed by atoms with van der Waals surface area (Å²) in [4.78, 5) is 2.58. The Balaban J connectivity index is 1.87. The van der Waals surface area contributed by atoms with Gasteiger partial charge in [-0.25, -0.2) is 0 Å². The minimum absolute atomic E-state index is 0.135. The Morgan fingerprint density at radius 2 is 2.12 bits per heavy atom. The second-order valence-electron chi connectivity index (χ2n) is 6.26. The third-order valence-corrected chi connectivity index (χ3v) is 4.77. The zero-order valence-corrected chi connectivity index (χ0v) is 11.4. The van der Waals surface area contributed by atoms with Crippen molar-refractivity contribution < 1.29 is 5.11 Å². The van der Waals surface area contributed by atoms with E-state index in [9.17, 15) is 5.11 Å². The molecular formula is C14H28N2O. The number of nitrogens with zero attached hydrogens (tertiary/aromatic N) is 1. The number of hydrogen-bond donors (Lipinski definition) is 2. The first-order valence-corrected chi connectivity index (χ1v) is 7.20. The maximum Gasteiger partial charge on any atom is 0.0552 e. The van der Waals surface area contributed by atoms with Gasteiger partial charge in [0.2, 0.25) is 0 Å². The Morgan fingerprint density at radius 3 is 2.65 bits per heavy atom. The molecule has 3 nitrogen and oxygen atoms in total. The molecule has 3 heteroatoms. The average molecular weight is 240 g/mol. The summed E-state index contributed by atoms with van der Waals surface area (Å²) in [5.74, 6) is 0.503. The molecule has 2 rings (SSSR count). The standard InChI is InChI=1S/C14H28N2O/c1-12(17)13-5-8-16(9-13)11-14(10-15-2)6-3-4-7-14/h12-13,15,17H,3-11H2,1-2H3. The molecule has 2 unspecified atom stereocenters. The highest BCUT2D eigenvalue weighted by Crippen LogP contribution is 2.39. The highest BCUT2D eigenvalue weighted by atomic mass is 16.3. The van der Waals surface area contributed by atoms with Crippen molar-refractivity contribution in [3.8, 4) is 0 Å². The smallest absolute Gasteiger partial charge is 0.0552 e. The molecule has 2 N–H and O–H groups in total. The van der Waals surface area contributed by atoms with Crippen molar-refractivity contribution in [2.75, 3.05) is 33.2 Å². The number of hydrogen-bond acceptors (Lipinski definition) is 3. The van der Waals surface area contributed by atoms with E-state index in [1.165, 1.54) is 45.2 Å². The second kappa shape index (κ2) is 5.68. The van der Waals surface area contributed by atoms with Crippen LogP contribution >= 0.6 is 0 Å². The minimum Gasteiger partial charge on any atom is -0.393 e. The van der Waals surface area contributed by atoms with Crippen LogP contribution in [0.25, 0.3) is 0 Å². The molecule has 0 spiro atoms. The van der Waals surface area contributed by atoms with Crippen LogP contribution in [0.4, 0.5) is 0 Å². The monoisotopic (exact) mass is 240 g/mol. The molecule has 0 aromatic heterocycles. The van der Waals surface area contributed by atoms with E-state index in [0.717, 1.165) is 13.1 Å². The van der Waals surface area contributed by atoms with Gasteiger partial charge in [0.15, 0.2) is 0 Å². The van der Waals surface area contributed by atoms with Gasteiger partial charge in [-0.2, -0.15) is 0 Å². The third kappa shape index (κ3) is 3.21. The van der Waals surface area contributed by atoms with Crippen LogP contribution in [0, 0.1) is 11.3 Å². The Bertz CT molecular complexity index is 236. The third-order valence-electron chi connectivity index (χ3n) is 4.77. The maximum atomic E-state index is 9.66. The van der Waals surface area contributed by atoms with Crippen LogP contribution in [-0.4, -0.2) is 49.3 Å². The summed E-state index contributed by atoms with van der Waals surface area (Å²) < 4.78 is 0. The molecule has 17 heavy (non-hydrogen) atoms. The number of aliphatic hydroxyl groups excluding tert-OH is 1. The summed E-state index contributed by atoms with van der Waals surface area (Å²) in [6, 6.07) is 0. The van der Waals surface area contributed by atoms with E-state index >= 15 is 0 Å². The van der Waals surface area contributed by atoms with E-state index in [0.29, 0.717) is 11.3 Å². The van der Waals surface area contributed by atoms with E-state index in [-0.39, 0.29) is 6.10 Å². The van der Waals surface area contributed by atoms with Gasteiger partial charge in [0.1, 0.15) is 0 Å². The Kier molecular flexibility index (Phi) is 4.45. The number of rotatable bonds is 5. The van der Waals surface area contributed by atoms with Crippen molar-refractivity contribution >= 4 is 0 Å². The molecule has 0 amide bonds. The topological polar surface area (TPSA) is 35.5 Å². The predicted octanol–water partition coefficient (Wildman–Crippen LogP) is 1.47. The van der Waals surface area contributed by atoms with Gasteiger partial charge < -0.3 is 15.3 Å². The summed E-state index contributed by atoms with van der Waals surface area (Å²) in [7, 11) is 2.07. The lowest BCUT2D eigenvalue weighted by Gasteiger charge is -2.33. The molecule has 0 aromatic carbocycles. The fourth-order valence-electron chi connectivity index (χ4n) is 3.77. The lowest BCUT2D eigenvalue weighted by atomic mass is 9.85. The van der Waals surface area contributed by atoms with E-state index in [1.54, 1.807) is 0 Å². The first kappa shape index (κ1) is 13.3. The van der Waals surface area contributed by atoms with E-state index in [1.807, 2.05) is 6.92 Å². The minimum atomic E-state index is -0.135. The molecule has 0 radical (unpaired) electrons. The van der Waals surface area contributed by atoms with Crippen molar-refractivity contribution in [2.45, 2.75) is 45.1 Å². The first-order chi connectivity index (χ1) is 8.15. The highest BCUT2D eigenvalue weighted by molar-refractivity contribution is 4.91. The predicted molar refractivity (Wildman–Crippen MR) is 71.1 cm³/mol. The normalized spacial score (nSPS) is 30.9. The quantitative estimate of drug-likeness (QED) is 0.764. The molecule has 1 aliphatic heterocycles. The summed E-state index contributed by atoms with van der Waals surface area (Å²) >= 11 is 0. The molecule has 1 aliphatic carbocycles. The van der Waals surface area contributed by atoms with Crippen molar-refractivity contribution in [1.29, 1.82) is 0 Å². The van der Waals surface area contributed by atoms with Crippen molar-refractivity contribution in [1.82, 2.24) is 10.2 Å². The highest BCUT2D eigenvalue weighted by Gasteiger charge is 2.37. The zero-order chi connectivity index (χ0) is 12.3. The van der Waals surface area contributed by atoms with Gasteiger partial charge in [0.25, 0.3) is 0 Å².